The molecule has 2 aliphatic heterocycles. The zero-order valence-corrected chi connectivity index (χ0v) is 21.7. The van der Waals surface area contributed by atoms with Crippen molar-refractivity contribution in [2.24, 2.45) is 12.2 Å². The summed E-state index contributed by atoms with van der Waals surface area (Å²) in [5, 5.41) is 29.0. The molecular weight excluding hydrogens is 574 g/mol. The second-order valence-corrected chi connectivity index (χ2v) is 9.62. The molecule has 0 unspecified atom stereocenters. The number of halogens is 1. The number of β-lactam (4-membered cyclic amide) rings is 1. The Morgan fingerprint density at radius 1 is 1.47 bits per heavy atom. The van der Waals surface area contributed by atoms with Crippen LogP contribution in [0.4, 0.5) is 5.13 Å². The molecule has 4 heterocycles. The lowest BCUT2D eigenvalue weighted by Crippen LogP contribution is -2.71. The van der Waals surface area contributed by atoms with Crippen LogP contribution in [0.1, 0.15) is 5.69 Å². The molecule has 2 aromatic heterocycles. The number of carbonyl (C=O) groups is 3. The molecule has 0 aliphatic carbocycles. The standard InChI is InChI=1S/C16H17N9O5S3.BrH/c1-24-16(20-22-23-24)33-4-6-3-31-13-9(12(27)25(13)10(6)14(28)29)19-11(26)8(21-30-2)7-5-32-15(17)18-7;/h5,9,13H,3-4H2,1-2H3,(H2,17,18)(H,19,26)(H,28,29);1H/b21-8+;/t9-,13-;/m1./s1. The van der Waals surface area contributed by atoms with E-state index in [2.05, 4.69) is 31.0 Å². The molecule has 2 atom stereocenters. The summed E-state index contributed by atoms with van der Waals surface area (Å²) in [5.74, 6) is -1.77. The Kier molecular flexibility index (Phi) is 8.16. The molecule has 18 heteroatoms. The third-order valence-corrected chi connectivity index (χ3v) is 7.77. The van der Waals surface area contributed by atoms with Gasteiger partial charge in [-0.3, -0.25) is 14.5 Å². The highest BCUT2D eigenvalue weighted by Crippen LogP contribution is 2.41. The van der Waals surface area contributed by atoms with Crippen LogP contribution in [0.2, 0.25) is 0 Å². The minimum Gasteiger partial charge on any atom is -0.477 e. The summed E-state index contributed by atoms with van der Waals surface area (Å²) in [6.07, 6.45) is 0. The maximum absolute atomic E-state index is 12.9. The number of aromatic nitrogens is 5. The number of nitrogen functional groups attached to an aromatic ring is 1. The van der Waals surface area contributed by atoms with E-state index in [4.69, 9.17) is 10.6 Å². The Labute approximate surface area is 215 Å². The molecule has 34 heavy (non-hydrogen) atoms. The average Bonchev–Trinajstić information content (AvgIpc) is 3.40. The van der Waals surface area contributed by atoms with Crippen molar-refractivity contribution < 1.29 is 24.3 Å². The summed E-state index contributed by atoms with van der Waals surface area (Å²) in [6, 6.07) is -0.924. The van der Waals surface area contributed by atoms with Gasteiger partial charge >= 0.3 is 5.97 Å². The van der Waals surface area contributed by atoms with Crippen LogP contribution < -0.4 is 11.1 Å². The molecule has 1 saturated heterocycles. The Morgan fingerprint density at radius 2 is 2.24 bits per heavy atom. The van der Waals surface area contributed by atoms with Gasteiger partial charge in [0.15, 0.2) is 10.8 Å². The lowest BCUT2D eigenvalue weighted by Gasteiger charge is -2.49. The first-order valence-electron chi connectivity index (χ1n) is 9.20. The number of thioether (sulfide) groups is 2. The maximum Gasteiger partial charge on any atom is 0.352 e. The van der Waals surface area contributed by atoms with Gasteiger partial charge in [0.2, 0.25) is 5.16 Å². The van der Waals surface area contributed by atoms with E-state index < -0.39 is 29.2 Å². The molecule has 14 nitrogen and oxygen atoms in total. The van der Waals surface area contributed by atoms with Gasteiger partial charge in [0.05, 0.1) is 0 Å². The summed E-state index contributed by atoms with van der Waals surface area (Å²) >= 11 is 3.75. The van der Waals surface area contributed by atoms with Gasteiger partial charge in [-0.05, 0) is 16.0 Å². The van der Waals surface area contributed by atoms with Crippen molar-refractivity contribution in [2.45, 2.75) is 16.6 Å². The van der Waals surface area contributed by atoms with Gasteiger partial charge in [0, 0.05) is 23.9 Å². The second-order valence-electron chi connectivity index (χ2n) is 6.69. The summed E-state index contributed by atoms with van der Waals surface area (Å²) in [7, 11) is 2.95. The summed E-state index contributed by atoms with van der Waals surface area (Å²) in [5.41, 5.74) is 6.17. The normalized spacial score (nSPS) is 19.8. The molecule has 0 aromatic carbocycles. The minimum absolute atomic E-state index is 0. The van der Waals surface area contributed by atoms with E-state index in [0.29, 0.717) is 22.2 Å². The Balaban J connectivity index is 0.00000324. The van der Waals surface area contributed by atoms with Gasteiger partial charge in [-0.2, -0.15) is 0 Å². The molecule has 1 fully saturated rings. The van der Waals surface area contributed by atoms with Gasteiger partial charge in [0.1, 0.15) is 29.9 Å². The molecule has 0 bridgehead atoms. The molecule has 2 aromatic rings. The van der Waals surface area contributed by atoms with Crippen molar-refractivity contribution in [1.82, 2.24) is 35.4 Å². The largest absolute Gasteiger partial charge is 0.477 e. The number of rotatable bonds is 8. The molecular formula is C16H18BrN9O5S3. The second kappa shape index (κ2) is 10.7. The van der Waals surface area contributed by atoms with E-state index in [-0.39, 0.29) is 39.2 Å². The summed E-state index contributed by atoms with van der Waals surface area (Å²) in [6.45, 7) is 0. The molecule has 182 valence electrons. The van der Waals surface area contributed by atoms with Gasteiger partial charge in [-0.25, -0.2) is 14.5 Å². The highest BCUT2D eigenvalue weighted by atomic mass is 79.9. The first-order valence-corrected chi connectivity index (χ1v) is 12.1. The van der Waals surface area contributed by atoms with Crippen LogP contribution in [0.5, 0.6) is 0 Å². The maximum atomic E-state index is 12.9. The van der Waals surface area contributed by atoms with Gasteiger partial charge in [-0.15, -0.1) is 45.2 Å². The van der Waals surface area contributed by atoms with Crippen molar-refractivity contribution in [3.8, 4) is 0 Å². The summed E-state index contributed by atoms with van der Waals surface area (Å²) in [4.78, 5) is 47.6. The number of aryl methyl sites for hydroxylation is 1. The fourth-order valence-corrected chi connectivity index (χ4v) is 6.07. The van der Waals surface area contributed by atoms with Crippen molar-refractivity contribution in [3.05, 3.63) is 22.3 Å². The molecule has 4 rings (SSSR count). The molecule has 0 spiro atoms. The predicted molar refractivity (Wildman–Crippen MR) is 130 cm³/mol. The predicted octanol–water partition coefficient (Wildman–Crippen LogP) is -0.292. The number of aliphatic carboxylic acids is 1. The lowest BCUT2D eigenvalue weighted by molar-refractivity contribution is -0.150. The average molecular weight is 592 g/mol. The molecule has 0 saturated carbocycles. The summed E-state index contributed by atoms with van der Waals surface area (Å²) < 4.78 is 1.47. The number of oxime groups is 1. The van der Waals surface area contributed by atoms with E-state index in [1.54, 1.807) is 12.4 Å². The monoisotopic (exact) mass is 591 g/mol. The molecule has 2 amide bonds. The van der Waals surface area contributed by atoms with Crippen LogP contribution in [0.3, 0.4) is 0 Å². The fraction of sp³-hybridized carbons (Fsp3) is 0.375. The number of carboxylic acid groups (broad SMARTS) is 1. The van der Waals surface area contributed by atoms with Gasteiger partial charge in [-0.1, -0.05) is 16.9 Å². The van der Waals surface area contributed by atoms with E-state index in [1.165, 1.54) is 40.2 Å². The van der Waals surface area contributed by atoms with Crippen molar-refractivity contribution in [1.29, 1.82) is 0 Å². The fourth-order valence-electron chi connectivity index (χ4n) is 3.19. The Morgan fingerprint density at radius 3 is 2.82 bits per heavy atom. The number of carboxylic acids is 1. The zero-order chi connectivity index (χ0) is 23.7. The highest BCUT2D eigenvalue weighted by Gasteiger charge is 2.54. The molecule has 0 radical (unpaired) electrons. The Hall–Kier alpha value is -2.70. The van der Waals surface area contributed by atoms with Gasteiger partial charge < -0.3 is 21.0 Å². The van der Waals surface area contributed by atoms with E-state index in [9.17, 15) is 19.5 Å². The number of nitrogens with two attached hydrogens (primary N) is 1. The number of fused-ring (bicyclic) bond motifs is 1. The SMILES string of the molecule is Br.CO/N=C(/C(=O)N[C@@H]1C(=O)N2C(C(=O)O)=C(CSc3nnnn3C)CS[C@H]12)c1csc(N)n1. The number of nitrogens with one attached hydrogen (secondary N) is 1. The van der Waals surface area contributed by atoms with Crippen LogP contribution in [-0.2, 0) is 26.3 Å². The van der Waals surface area contributed by atoms with Gasteiger partial charge in [0.25, 0.3) is 11.8 Å². The zero-order valence-electron chi connectivity index (χ0n) is 17.6. The van der Waals surface area contributed by atoms with Crippen LogP contribution in [0, 0.1) is 0 Å². The number of amides is 2. The molecule has 2 aliphatic rings. The first-order chi connectivity index (χ1) is 15.8. The number of hydrogen-bond donors (Lipinski definition) is 3. The van der Waals surface area contributed by atoms with Crippen molar-refractivity contribution >= 4 is 80.5 Å². The van der Waals surface area contributed by atoms with E-state index in [1.807, 2.05) is 0 Å². The number of thiazole rings is 1. The minimum atomic E-state index is -1.22. The van der Waals surface area contributed by atoms with E-state index in [0.717, 1.165) is 11.3 Å². The lowest BCUT2D eigenvalue weighted by atomic mass is 10.0. The molecule has 4 N–H and O–H groups in total. The highest BCUT2D eigenvalue weighted by molar-refractivity contribution is 8.93. The third-order valence-electron chi connectivity index (χ3n) is 4.66. The quantitative estimate of drug-likeness (QED) is 0.157. The van der Waals surface area contributed by atoms with Crippen LogP contribution in [0.15, 0.2) is 27.0 Å². The number of hydrogen-bond acceptors (Lipinski definition) is 13. The van der Waals surface area contributed by atoms with E-state index >= 15 is 0 Å². The topological polar surface area (TPSA) is 191 Å². The van der Waals surface area contributed by atoms with Crippen molar-refractivity contribution in [3.63, 3.8) is 0 Å². The number of anilines is 1. The number of carbonyl (C=O) groups excluding carboxylic acids is 2. The van der Waals surface area contributed by atoms with Crippen LogP contribution in [-0.4, -0.2) is 88.7 Å². The van der Waals surface area contributed by atoms with Crippen LogP contribution in [0.25, 0.3) is 0 Å². The third kappa shape index (κ3) is 4.89. The Bertz CT molecular complexity index is 1180. The number of nitrogens with zero attached hydrogens (tertiary/aromatic N) is 7. The van der Waals surface area contributed by atoms with Crippen molar-refractivity contribution in [2.75, 3.05) is 24.3 Å². The first kappa shape index (κ1) is 25.9. The van der Waals surface area contributed by atoms with Crippen LogP contribution >= 0.6 is 51.8 Å². The smallest absolute Gasteiger partial charge is 0.352 e. The number of tetrazole rings is 1.